The van der Waals surface area contributed by atoms with Gasteiger partial charge in [0.05, 0.1) is 0 Å². The molecule has 1 N–H and O–H groups in total. The maximum atomic E-state index is 12.0. The summed E-state index contributed by atoms with van der Waals surface area (Å²) in [4.78, 5) is 27.8. The number of hydrogen-bond donors (Lipinski definition) is 1. The summed E-state index contributed by atoms with van der Waals surface area (Å²) in [6, 6.07) is 0.622. The van der Waals surface area contributed by atoms with Crippen molar-refractivity contribution in [1.82, 2.24) is 14.9 Å². The van der Waals surface area contributed by atoms with Crippen molar-refractivity contribution in [2.75, 3.05) is 6.54 Å². The highest BCUT2D eigenvalue weighted by atomic mass is 35.5. The Labute approximate surface area is 118 Å². The Hall–Kier alpha value is -1.36. The van der Waals surface area contributed by atoms with Gasteiger partial charge in [0.15, 0.2) is 0 Å². The largest absolute Gasteiger partial charge is 0.354 e. The number of nitrogens with zero attached hydrogens (tertiary/aromatic N) is 2. The molecule has 0 aliphatic carbocycles. The highest BCUT2D eigenvalue weighted by molar-refractivity contribution is 6.29. The van der Waals surface area contributed by atoms with Gasteiger partial charge < -0.3 is 5.32 Å². The second-order valence-corrected chi connectivity index (χ2v) is 5.37. The van der Waals surface area contributed by atoms with E-state index in [1.54, 1.807) is 13.8 Å². The van der Waals surface area contributed by atoms with Crippen LogP contribution in [0.2, 0.25) is 5.15 Å². The van der Waals surface area contributed by atoms with Gasteiger partial charge in [0, 0.05) is 12.6 Å². The lowest BCUT2D eigenvalue weighted by molar-refractivity contribution is -0.124. The zero-order valence-electron chi connectivity index (χ0n) is 11.7. The molecule has 0 spiro atoms. The standard InChI is InChI=1S/C13H20ClN3O2/c1-8(2)5-6-15-13(19)9(3)17-10(4)16-11(14)7-12(17)18/h7-9H,5-6H2,1-4H3,(H,15,19). The van der Waals surface area contributed by atoms with Crippen molar-refractivity contribution in [3.05, 3.63) is 27.4 Å². The number of rotatable bonds is 5. The number of carbonyl (C=O) groups excluding carboxylic acids is 1. The maximum Gasteiger partial charge on any atom is 0.255 e. The fourth-order valence-electron chi connectivity index (χ4n) is 1.79. The van der Waals surface area contributed by atoms with E-state index in [9.17, 15) is 9.59 Å². The van der Waals surface area contributed by atoms with Gasteiger partial charge in [0.25, 0.3) is 5.56 Å². The second-order valence-electron chi connectivity index (χ2n) is 4.98. The number of aryl methyl sites for hydroxylation is 1. The number of hydrogen-bond acceptors (Lipinski definition) is 3. The Balaban J connectivity index is 2.80. The minimum absolute atomic E-state index is 0.145. The normalized spacial score (nSPS) is 12.5. The van der Waals surface area contributed by atoms with Crippen LogP contribution in [0.3, 0.4) is 0 Å². The van der Waals surface area contributed by atoms with Crippen molar-refractivity contribution in [3.63, 3.8) is 0 Å². The molecule has 0 aliphatic rings. The van der Waals surface area contributed by atoms with E-state index < -0.39 is 6.04 Å². The third kappa shape index (κ3) is 4.35. The van der Waals surface area contributed by atoms with E-state index in [0.717, 1.165) is 6.42 Å². The molecular formula is C13H20ClN3O2. The van der Waals surface area contributed by atoms with Crippen LogP contribution in [0.1, 0.15) is 39.1 Å². The first-order valence-corrected chi connectivity index (χ1v) is 6.74. The zero-order valence-corrected chi connectivity index (χ0v) is 12.5. The smallest absolute Gasteiger partial charge is 0.255 e. The van der Waals surface area contributed by atoms with Crippen molar-refractivity contribution in [2.24, 2.45) is 5.92 Å². The highest BCUT2D eigenvalue weighted by Gasteiger charge is 2.18. The molecule has 1 amide bonds. The molecule has 1 heterocycles. The lowest BCUT2D eigenvalue weighted by Crippen LogP contribution is -2.37. The van der Waals surface area contributed by atoms with E-state index >= 15 is 0 Å². The van der Waals surface area contributed by atoms with Crippen LogP contribution >= 0.6 is 11.6 Å². The summed E-state index contributed by atoms with van der Waals surface area (Å²) < 4.78 is 1.34. The fourth-order valence-corrected chi connectivity index (χ4v) is 2.01. The average Bonchev–Trinajstić information content (AvgIpc) is 2.26. The summed E-state index contributed by atoms with van der Waals surface area (Å²) in [5.41, 5.74) is -0.316. The fraction of sp³-hybridized carbons (Fsp3) is 0.615. The molecular weight excluding hydrogens is 266 g/mol. The van der Waals surface area contributed by atoms with Crippen LogP contribution in [0.25, 0.3) is 0 Å². The van der Waals surface area contributed by atoms with E-state index in [1.807, 2.05) is 0 Å². The molecule has 0 saturated heterocycles. The van der Waals surface area contributed by atoms with E-state index in [-0.39, 0.29) is 16.6 Å². The van der Waals surface area contributed by atoms with Crippen molar-refractivity contribution < 1.29 is 4.79 Å². The van der Waals surface area contributed by atoms with Gasteiger partial charge in [0.2, 0.25) is 5.91 Å². The number of carbonyl (C=O) groups is 1. The predicted molar refractivity (Wildman–Crippen MR) is 75.4 cm³/mol. The molecule has 5 nitrogen and oxygen atoms in total. The molecule has 0 aliphatic heterocycles. The van der Waals surface area contributed by atoms with Gasteiger partial charge in [-0.15, -0.1) is 0 Å². The van der Waals surface area contributed by atoms with Crippen LogP contribution < -0.4 is 10.9 Å². The molecule has 106 valence electrons. The first-order chi connectivity index (χ1) is 8.82. The highest BCUT2D eigenvalue weighted by Crippen LogP contribution is 2.08. The van der Waals surface area contributed by atoms with Gasteiger partial charge in [-0.2, -0.15) is 0 Å². The Morgan fingerprint density at radius 3 is 2.63 bits per heavy atom. The van der Waals surface area contributed by atoms with E-state index in [0.29, 0.717) is 18.3 Å². The first kappa shape index (κ1) is 15.7. The molecule has 0 saturated carbocycles. The zero-order chi connectivity index (χ0) is 14.6. The van der Waals surface area contributed by atoms with Gasteiger partial charge in [0.1, 0.15) is 17.0 Å². The Morgan fingerprint density at radius 2 is 2.11 bits per heavy atom. The van der Waals surface area contributed by atoms with Gasteiger partial charge in [-0.25, -0.2) is 4.98 Å². The van der Waals surface area contributed by atoms with Crippen molar-refractivity contribution >= 4 is 17.5 Å². The monoisotopic (exact) mass is 285 g/mol. The molecule has 19 heavy (non-hydrogen) atoms. The number of halogens is 1. The minimum Gasteiger partial charge on any atom is -0.354 e. The molecule has 1 rings (SSSR count). The summed E-state index contributed by atoms with van der Waals surface area (Å²) >= 11 is 5.70. The summed E-state index contributed by atoms with van der Waals surface area (Å²) in [7, 11) is 0. The lowest BCUT2D eigenvalue weighted by Gasteiger charge is -2.17. The summed E-state index contributed by atoms with van der Waals surface area (Å²) in [6.45, 7) is 8.12. The quantitative estimate of drug-likeness (QED) is 0.841. The molecule has 1 unspecified atom stereocenters. The number of nitrogens with one attached hydrogen (secondary N) is 1. The van der Waals surface area contributed by atoms with Gasteiger partial charge in [-0.1, -0.05) is 25.4 Å². The van der Waals surface area contributed by atoms with Crippen LogP contribution in [0.4, 0.5) is 0 Å². The van der Waals surface area contributed by atoms with E-state index in [1.165, 1.54) is 10.6 Å². The summed E-state index contributed by atoms with van der Waals surface area (Å²) in [6.07, 6.45) is 0.908. The van der Waals surface area contributed by atoms with Crippen LogP contribution in [0, 0.1) is 12.8 Å². The van der Waals surface area contributed by atoms with Gasteiger partial charge in [-0.05, 0) is 26.2 Å². The van der Waals surface area contributed by atoms with E-state index in [4.69, 9.17) is 11.6 Å². The molecule has 1 aromatic heterocycles. The van der Waals surface area contributed by atoms with Crippen LogP contribution in [0.5, 0.6) is 0 Å². The average molecular weight is 286 g/mol. The molecule has 0 fully saturated rings. The minimum atomic E-state index is -0.593. The summed E-state index contributed by atoms with van der Waals surface area (Å²) in [5, 5.41) is 2.97. The number of amides is 1. The maximum absolute atomic E-state index is 12.0. The molecule has 0 aromatic carbocycles. The third-order valence-electron chi connectivity index (χ3n) is 2.88. The third-order valence-corrected chi connectivity index (χ3v) is 3.08. The summed E-state index contributed by atoms with van der Waals surface area (Å²) in [5.74, 6) is 0.774. The Bertz CT molecular complexity index is 511. The molecule has 0 radical (unpaired) electrons. The van der Waals surface area contributed by atoms with Crippen molar-refractivity contribution in [1.29, 1.82) is 0 Å². The SMILES string of the molecule is Cc1nc(Cl)cc(=O)n1C(C)C(=O)NCCC(C)C. The van der Waals surface area contributed by atoms with E-state index in [2.05, 4.69) is 24.1 Å². The Morgan fingerprint density at radius 1 is 1.47 bits per heavy atom. The first-order valence-electron chi connectivity index (χ1n) is 6.36. The van der Waals surface area contributed by atoms with Crippen LogP contribution in [-0.2, 0) is 4.79 Å². The van der Waals surface area contributed by atoms with Crippen LogP contribution in [0.15, 0.2) is 10.9 Å². The Kier molecular flexibility index (Phi) is 5.54. The van der Waals surface area contributed by atoms with Crippen LogP contribution in [-0.4, -0.2) is 22.0 Å². The molecule has 0 bridgehead atoms. The topological polar surface area (TPSA) is 64.0 Å². The van der Waals surface area contributed by atoms with Crippen molar-refractivity contribution in [3.8, 4) is 0 Å². The second kappa shape index (κ2) is 6.70. The van der Waals surface area contributed by atoms with Crippen molar-refractivity contribution in [2.45, 2.75) is 40.2 Å². The van der Waals surface area contributed by atoms with Gasteiger partial charge >= 0.3 is 0 Å². The number of aromatic nitrogens is 2. The predicted octanol–water partition coefficient (Wildman–Crippen LogP) is 1.93. The molecule has 6 heteroatoms. The van der Waals surface area contributed by atoms with Gasteiger partial charge in [-0.3, -0.25) is 14.2 Å². The lowest BCUT2D eigenvalue weighted by atomic mass is 10.1. The molecule has 1 atom stereocenters. The molecule has 1 aromatic rings.